The Morgan fingerprint density at radius 2 is 1.90 bits per heavy atom. The maximum atomic E-state index is 13.3. The van der Waals surface area contributed by atoms with E-state index in [-0.39, 0.29) is 6.54 Å². The van der Waals surface area contributed by atoms with Crippen LogP contribution in [0.2, 0.25) is 0 Å². The molecule has 0 aliphatic carbocycles. The van der Waals surface area contributed by atoms with Crippen molar-refractivity contribution in [3.8, 4) is 11.8 Å². The quantitative estimate of drug-likeness (QED) is 0.537. The molecule has 2 heterocycles. The topological polar surface area (TPSA) is 96.9 Å². The number of anilines is 1. The molecule has 1 amide bonds. The molecule has 0 radical (unpaired) electrons. The lowest BCUT2D eigenvalue weighted by Gasteiger charge is -2.13. The van der Waals surface area contributed by atoms with Gasteiger partial charge in [0.2, 0.25) is 5.91 Å². The number of hydrogen-bond donors (Lipinski definition) is 1. The van der Waals surface area contributed by atoms with Gasteiger partial charge in [0.1, 0.15) is 11.2 Å². The minimum atomic E-state index is -0.583. The third kappa shape index (κ3) is 3.79. The maximum absolute atomic E-state index is 13.3. The minimum absolute atomic E-state index is 0.270. The Balaban J connectivity index is 1.79. The van der Waals surface area contributed by atoms with Crippen LogP contribution in [-0.2, 0) is 11.3 Å². The van der Waals surface area contributed by atoms with Crippen molar-refractivity contribution in [2.24, 2.45) is 0 Å². The summed E-state index contributed by atoms with van der Waals surface area (Å²) >= 11 is 1.23. The summed E-state index contributed by atoms with van der Waals surface area (Å²) in [7, 11) is 0. The van der Waals surface area contributed by atoms with E-state index in [0.29, 0.717) is 27.2 Å². The summed E-state index contributed by atoms with van der Waals surface area (Å²) in [6.45, 7) is 3.59. The van der Waals surface area contributed by atoms with Crippen molar-refractivity contribution in [1.29, 1.82) is 5.26 Å². The van der Waals surface area contributed by atoms with Gasteiger partial charge >= 0.3 is 5.69 Å². The van der Waals surface area contributed by atoms with Gasteiger partial charge in [-0.3, -0.25) is 14.2 Å². The van der Waals surface area contributed by atoms with Crippen LogP contribution in [0.3, 0.4) is 0 Å². The van der Waals surface area contributed by atoms with Crippen molar-refractivity contribution in [1.82, 2.24) is 9.13 Å². The molecule has 0 unspecified atom stereocenters. The second kappa shape index (κ2) is 8.05. The average Bonchev–Trinajstić information content (AvgIpc) is 3.24. The van der Waals surface area contributed by atoms with Crippen LogP contribution in [0.25, 0.3) is 15.9 Å². The third-order valence-electron chi connectivity index (χ3n) is 5.08. The highest BCUT2D eigenvalue weighted by molar-refractivity contribution is 7.17. The fourth-order valence-corrected chi connectivity index (χ4v) is 4.17. The second-order valence-electron chi connectivity index (χ2n) is 7.15. The van der Waals surface area contributed by atoms with Crippen LogP contribution in [0.1, 0.15) is 16.7 Å². The van der Waals surface area contributed by atoms with Gasteiger partial charge in [0, 0.05) is 5.69 Å². The molecule has 4 aromatic rings. The predicted octanol–water partition coefficient (Wildman–Crippen LogP) is 3.34. The second-order valence-corrected chi connectivity index (χ2v) is 8.07. The number of carbonyl (C=O) groups excluding carboxylic acids is 1. The first-order chi connectivity index (χ1) is 14.9. The average molecular weight is 430 g/mol. The fraction of sp³-hybridized carbons (Fsp3) is 0.130. The number of nitrogens with one attached hydrogen (secondary N) is 1. The maximum Gasteiger partial charge on any atom is 0.336 e. The standard InChI is InChI=1S/C23H18N4O3S/c1-14-6-7-18(10-15(14)2)27-22(29)21-19(8-9-31-21)26(23(27)30)13-20(28)25-17-5-3-4-16(11-17)12-24/h3-11H,13H2,1-2H3,(H,25,28). The molecule has 4 rings (SSSR count). The molecule has 0 spiro atoms. The zero-order valence-corrected chi connectivity index (χ0v) is 17.7. The summed E-state index contributed by atoms with van der Waals surface area (Å²) in [4.78, 5) is 39.0. The van der Waals surface area contributed by atoms with Gasteiger partial charge < -0.3 is 5.32 Å². The molecule has 0 aliphatic rings. The first-order valence-corrected chi connectivity index (χ1v) is 10.4. The Labute approximate surface area is 181 Å². The summed E-state index contributed by atoms with van der Waals surface area (Å²) in [6, 6.07) is 15.6. The Bertz CT molecular complexity index is 1490. The number of aryl methyl sites for hydroxylation is 2. The van der Waals surface area contributed by atoms with E-state index >= 15 is 0 Å². The van der Waals surface area contributed by atoms with Gasteiger partial charge in [0.15, 0.2) is 0 Å². The molecule has 0 saturated carbocycles. The van der Waals surface area contributed by atoms with Gasteiger partial charge in [-0.25, -0.2) is 9.36 Å². The van der Waals surface area contributed by atoms with Gasteiger partial charge in [0.05, 0.1) is 22.8 Å². The summed E-state index contributed by atoms with van der Waals surface area (Å²) in [5, 5.41) is 13.5. The van der Waals surface area contributed by atoms with E-state index < -0.39 is 17.2 Å². The van der Waals surface area contributed by atoms with Gasteiger partial charge in [-0.2, -0.15) is 5.26 Å². The zero-order valence-electron chi connectivity index (χ0n) is 16.9. The lowest BCUT2D eigenvalue weighted by atomic mass is 10.1. The fourth-order valence-electron chi connectivity index (χ4n) is 3.34. The molecule has 0 aliphatic heterocycles. The van der Waals surface area contributed by atoms with Crippen molar-refractivity contribution >= 4 is 33.1 Å². The van der Waals surface area contributed by atoms with E-state index in [1.54, 1.807) is 47.8 Å². The minimum Gasteiger partial charge on any atom is -0.324 e. The SMILES string of the molecule is Cc1ccc(-n2c(=O)c3sccc3n(CC(=O)Nc3cccc(C#N)c3)c2=O)cc1C. The summed E-state index contributed by atoms with van der Waals surface area (Å²) in [5.41, 5.74) is 2.77. The number of aromatic nitrogens is 2. The largest absolute Gasteiger partial charge is 0.336 e. The highest BCUT2D eigenvalue weighted by atomic mass is 32.1. The number of nitrogens with zero attached hydrogens (tertiary/aromatic N) is 3. The van der Waals surface area contributed by atoms with E-state index in [9.17, 15) is 14.4 Å². The number of benzene rings is 2. The molecular weight excluding hydrogens is 412 g/mol. The molecule has 2 aromatic carbocycles. The van der Waals surface area contributed by atoms with E-state index in [1.165, 1.54) is 15.9 Å². The molecule has 2 aromatic heterocycles. The normalized spacial score (nSPS) is 10.7. The number of fused-ring (bicyclic) bond motifs is 1. The van der Waals surface area contributed by atoms with Crippen molar-refractivity contribution in [3.05, 3.63) is 91.4 Å². The van der Waals surface area contributed by atoms with E-state index in [2.05, 4.69) is 5.32 Å². The molecular formula is C23H18N4O3S. The highest BCUT2D eigenvalue weighted by Crippen LogP contribution is 2.18. The summed E-state index contributed by atoms with van der Waals surface area (Å²) < 4.78 is 2.80. The van der Waals surface area contributed by atoms with Crippen LogP contribution < -0.4 is 16.6 Å². The van der Waals surface area contributed by atoms with Crippen molar-refractivity contribution < 1.29 is 4.79 Å². The molecule has 1 N–H and O–H groups in total. The zero-order chi connectivity index (χ0) is 22.1. The number of rotatable bonds is 4. The van der Waals surface area contributed by atoms with Crippen molar-refractivity contribution in [2.45, 2.75) is 20.4 Å². The first kappa shape index (κ1) is 20.3. The van der Waals surface area contributed by atoms with Crippen LogP contribution in [0.5, 0.6) is 0 Å². The summed E-state index contributed by atoms with van der Waals surface area (Å²) in [6.07, 6.45) is 0. The first-order valence-electron chi connectivity index (χ1n) is 9.50. The van der Waals surface area contributed by atoms with Gasteiger partial charge in [-0.05, 0) is 66.8 Å². The molecule has 0 saturated heterocycles. The molecule has 7 nitrogen and oxygen atoms in total. The predicted molar refractivity (Wildman–Crippen MR) is 121 cm³/mol. The lowest BCUT2D eigenvalue weighted by molar-refractivity contribution is -0.116. The number of hydrogen-bond acceptors (Lipinski definition) is 5. The molecule has 154 valence electrons. The lowest BCUT2D eigenvalue weighted by Crippen LogP contribution is -2.40. The van der Waals surface area contributed by atoms with Crippen molar-refractivity contribution in [2.75, 3.05) is 5.32 Å². The van der Waals surface area contributed by atoms with Crippen LogP contribution in [0.15, 0.2) is 63.5 Å². The number of amides is 1. The van der Waals surface area contributed by atoms with Crippen LogP contribution >= 0.6 is 11.3 Å². The number of carbonyl (C=O) groups is 1. The Kier molecular flexibility index (Phi) is 5.28. The van der Waals surface area contributed by atoms with Gasteiger partial charge in [0.25, 0.3) is 5.56 Å². The van der Waals surface area contributed by atoms with E-state index in [0.717, 1.165) is 15.7 Å². The van der Waals surface area contributed by atoms with E-state index in [1.807, 2.05) is 26.0 Å². The monoisotopic (exact) mass is 430 g/mol. The molecule has 8 heteroatoms. The summed E-state index contributed by atoms with van der Waals surface area (Å²) in [5.74, 6) is -0.435. The van der Waals surface area contributed by atoms with Crippen molar-refractivity contribution in [3.63, 3.8) is 0 Å². The highest BCUT2D eigenvalue weighted by Gasteiger charge is 2.18. The molecule has 31 heavy (non-hydrogen) atoms. The smallest absolute Gasteiger partial charge is 0.324 e. The van der Waals surface area contributed by atoms with Gasteiger partial charge in [-0.15, -0.1) is 11.3 Å². The number of nitriles is 1. The third-order valence-corrected chi connectivity index (χ3v) is 5.97. The van der Waals surface area contributed by atoms with Crippen LogP contribution in [-0.4, -0.2) is 15.0 Å². The Hall–Kier alpha value is -3.96. The Morgan fingerprint density at radius 1 is 1.10 bits per heavy atom. The molecule has 0 fully saturated rings. The number of thiophene rings is 1. The van der Waals surface area contributed by atoms with E-state index in [4.69, 9.17) is 5.26 Å². The molecule has 0 bridgehead atoms. The molecule has 0 atom stereocenters. The van der Waals surface area contributed by atoms with Gasteiger partial charge in [-0.1, -0.05) is 12.1 Å². The van der Waals surface area contributed by atoms with Crippen LogP contribution in [0, 0.1) is 25.2 Å². The van der Waals surface area contributed by atoms with Crippen LogP contribution in [0.4, 0.5) is 5.69 Å². The Morgan fingerprint density at radius 3 is 2.65 bits per heavy atom.